The van der Waals surface area contributed by atoms with E-state index >= 15 is 0 Å². The lowest BCUT2D eigenvalue weighted by Gasteiger charge is -2.08. The third kappa shape index (κ3) is 10.9. The molecule has 0 saturated carbocycles. The number of phenols is 4. The fourth-order valence-corrected chi connectivity index (χ4v) is 5.14. The first-order valence-electron chi connectivity index (χ1n) is 15.5. The van der Waals surface area contributed by atoms with Gasteiger partial charge in [0.2, 0.25) is 5.13 Å². The summed E-state index contributed by atoms with van der Waals surface area (Å²) in [5.41, 5.74) is 11.6. The fourth-order valence-electron chi connectivity index (χ4n) is 4.48. The molecule has 0 atom stereocenters. The summed E-state index contributed by atoms with van der Waals surface area (Å²) in [7, 11) is 3.28. The van der Waals surface area contributed by atoms with Crippen molar-refractivity contribution in [3.63, 3.8) is 0 Å². The van der Waals surface area contributed by atoms with Crippen LogP contribution in [0.5, 0.6) is 34.5 Å². The Kier molecular flexibility index (Phi) is 12.3. The van der Waals surface area contributed by atoms with Crippen molar-refractivity contribution in [2.45, 2.75) is 6.42 Å². The topological polar surface area (TPSA) is 173 Å². The van der Waals surface area contributed by atoms with E-state index in [1.54, 1.807) is 26.4 Å². The van der Waals surface area contributed by atoms with Gasteiger partial charge in [-0.15, -0.1) is 11.3 Å². The quantitative estimate of drug-likeness (QED) is 0.0490. The predicted octanol–water partition coefficient (Wildman–Crippen LogP) is 7.90. The molecule has 0 aliphatic heterocycles. The maximum atomic E-state index is 9.70. The molecule has 1 heterocycles. The number of rotatable bonds is 12. The van der Waals surface area contributed by atoms with Crippen LogP contribution in [0.4, 0.5) is 22.2 Å². The first-order chi connectivity index (χ1) is 24.8. The maximum absolute atomic E-state index is 9.70. The van der Waals surface area contributed by atoms with E-state index < -0.39 is 0 Å². The molecule has 0 amide bonds. The van der Waals surface area contributed by atoms with Gasteiger partial charge in [-0.05, 0) is 90.5 Å². The Bertz CT molecular complexity index is 2070. The molecule has 12 nitrogen and oxygen atoms in total. The normalized spacial score (nSPS) is 10.8. The standard InChI is InChI=1S/C20H19N3O3.C18H17N3O3S/c1-26-19-10-7-16(8-11-19)22-15-3-5-17(6-4-15)23-21-13-14-2-9-18(24)12-20(14)25;1-24-16-6-2-12(3-7-16)8-14-11-25-18(20-14)21-19-10-13-4-5-15(22)9-17(13)23/h2-13,22-25H,1H3;2-7,9-11,22-23H,8H2,1H3,(H,20,21)/b21-13+;19-10-. The Labute approximate surface area is 298 Å². The lowest BCUT2D eigenvalue weighted by atomic mass is 10.1. The van der Waals surface area contributed by atoms with Crippen LogP contribution in [0.25, 0.3) is 0 Å². The number of nitrogens with one attached hydrogen (secondary N) is 3. The average Bonchev–Trinajstić information content (AvgIpc) is 3.58. The SMILES string of the molecule is COc1ccc(Cc2csc(N/N=C\c3ccc(O)cc3O)n2)cc1.COc1ccc(Nc2ccc(N/N=C/c3ccc(O)cc3O)cc2)cc1. The Balaban J connectivity index is 0.000000198. The summed E-state index contributed by atoms with van der Waals surface area (Å²) in [5.74, 6) is 1.58. The zero-order valence-electron chi connectivity index (χ0n) is 27.7. The molecule has 0 unspecified atom stereocenters. The largest absolute Gasteiger partial charge is 0.508 e. The van der Waals surface area contributed by atoms with Gasteiger partial charge in [0.25, 0.3) is 0 Å². The number of ether oxygens (including phenoxy) is 2. The Morgan fingerprint density at radius 2 is 1.12 bits per heavy atom. The molecule has 13 heteroatoms. The third-order valence-electron chi connectivity index (χ3n) is 7.15. The Hall–Kier alpha value is -6.73. The van der Waals surface area contributed by atoms with Crippen molar-refractivity contribution in [2.24, 2.45) is 10.2 Å². The Morgan fingerprint density at radius 3 is 1.65 bits per heavy atom. The first-order valence-corrected chi connectivity index (χ1v) is 16.4. The number of hydrogen-bond donors (Lipinski definition) is 7. The number of anilines is 4. The second-order valence-corrected chi connectivity index (χ2v) is 11.7. The average molecular weight is 705 g/mol. The van der Waals surface area contributed by atoms with Gasteiger partial charge in [0, 0.05) is 46.4 Å². The van der Waals surface area contributed by atoms with Gasteiger partial charge in [-0.3, -0.25) is 10.9 Å². The smallest absolute Gasteiger partial charge is 0.203 e. The highest BCUT2D eigenvalue weighted by Gasteiger charge is 2.04. The number of methoxy groups -OCH3 is 2. The molecular formula is C38H36N6O6S. The lowest BCUT2D eigenvalue weighted by Crippen LogP contribution is -1.93. The van der Waals surface area contributed by atoms with Gasteiger partial charge in [0.15, 0.2) is 0 Å². The van der Waals surface area contributed by atoms with Crippen LogP contribution in [0.3, 0.4) is 0 Å². The van der Waals surface area contributed by atoms with Gasteiger partial charge in [0.1, 0.15) is 34.5 Å². The number of aromatic hydroxyl groups is 4. The number of phenolic OH excluding ortho intramolecular Hbond substituents is 4. The van der Waals surface area contributed by atoms with E-state index in [2.05, 4.69) is 31.4 Å². The lowest BCUT2D eigenvalue weighted by molar-refractivity contribution is 0.414. The van der Waals surface area contributed by atoms with E-state index in [0.29, 0.717) is 16.3 Å². The van der Waals surface area contributed by atoms with E-state index in [-0.39, 0.29) is 23.0 Å². The van der Waals surface area contributed by atoms with Crippen LogP contribution in [-0.2, 0) is 6.42 Å². The highest BCUT2D eigenvalue weighted by Crippen LogP contribution is 2.24. The summed E-state index contributed by atoms with van der Waals surface area (Å²) >= 11 is 1.46. The van der Waals surface area contributed by atoms with Gasteiger partial charge in [-0.25, -0.2) is 4.98 Å². The Morgan fingerprint density at radius 1 is 0.627 bits per heavy atom. The molecule has 0 bridgehead atoms. The van der Waals surface area contributed by atoms with Crippen molar-refractivity contribution in [3.8, 4) is 34.5 Å². The van der Waals surface area contributed by atoms with Gasteiger partial charge in [-0.2, -0.15) is 10.2 Å². The minimum absolute atomic E-state index is 0.00528. The number of thiazole rings is 1. The molecule has 0 spiro atoms. The summed E-state index contributed by atoms with van der Waals surface area (Å²) in [6.45, 7) is 0. The molecule has 51 heavy (non-hydrogen) atoms. The van der Waals surface area contributed by atoms with Gasteiger partial charge in [0.05, 0.1) is 38.0 Å². The van der Waals surface area contributed by atoms with E-state index in [4.69, 9.17) is 9.47 Å². The van der Waals surface area contributed by atoms with Crippen molar-refractivity contribution in [2.75, 3.05) is 30.4 Å². The fraction of sp³-hybridized carbons (Fsp3) is 0.0789. The summed E-state index contributed by atoms with van der Waals surface area (Å²) in [6, 6.07) is 31.8. The van der Waals surface area contributed by atoms with Crippen molar-refractivity contribution in [1.29, 1.82) is 0 Å². The monoisotopic (exact) mass is 704 g/mol. The molecule has 0 aliphatic rings. The van der Waals surface area contributed by atoms with Crippen LogP contribution in [-0.4, -0.2) is 52.1 Å². The van der Waals surface area contributed by atoms with Gasteiger partial charge < -0.3 is 35.2 Å². The zero-order chi connectivity index (χ0) is 36.0. The number of aromatic nitrogens is 1. The summed E-state index contributed by atoms with van der Waals surface area (Å²) in [4.78, 5) is 4.48. The molecule has 6 rings (SSSR count). The molecule has 5 aromatic carbocycles. The summed E-state index contributed by atoms with van der Waals surface area (Å²) in [5, 5.41) is 52.0. The number of hydrogen-bond acceptors (Lipinski definition) is 13. The van der Waals surface area contributed by atoms with Crippen molar-refractivity contribution < 1.29 is 29.9 Å². The maximum Gasteiger partial charge on any atom is 0.203 e. The number of nitrogens with zero attached hydrogens (tertiary/aromatic N) is 3. The van der Waals surface area contributed by atoms with Crippen molar-refractivity contribution >= 4 is 46.0 Å². The minimum atomic E-state index is -0.0371. The molecule has 0 aliphatic carbocycles. The summed E-state index contributed by atoms with van der Waals surface area (Å²) in [6.07, 6.45) is 3.68. The van der Waals surface area contributed by atoms with Crippen molar-refractivity contribution in [1.82, 2.24) is 4.98 Å². The van der Waals surface area contributed by atoms with Crippen LogP contribution in [0.1, 0.15) is 22.4 Å². The first kappa shape index (κ1) is 35.6. The second-order valence-electron chi connectivity index (χ2n) is 10.8. The molecular weight excluding hydrogens is 669 g/mol. The zero-order valence-corrected chi connectivity index (χ0v) is 28.5. The minimum Gasteiger partial charge on any atom is -0.508 e. The molecule has 6 aromatic rings. The predicted molar refractivity (Wildman–Crippen MR) is 203 cm³/mol. The van der Waals surface area contributed by atoms with E-state index in [9.17, 15) is 20.4 Å². The van der Waals surface area contributed by atoms with Crippen LogP contribution in [0.15, 0.2) is 125 Å². The van der Waals surface area contributed by atoms with Gasteiger partial charge >= 0.3 is 0 Å². The molecule has 0 saturated heterocycles. The van der Waals surface area contributed by atoms with Crippen molar-refractivity contribution in [3.05, 3.63) is 137 Å². The van der Waals surface area contributed by atoms with E-state index in [1.807, 2.05) is 78.2 Å². The third-order valence-corrected chi connectivity index (χ3v) is 7.94. The van der Waals surface area contributed by atoms with Gasteiger partial charge in [-0.1, -0.05) is 12.1 Å². The summed E-state index contributed by atoms with van der Waals surface area (Å²) < 4.78 is 10.3. The molecule has 0 fully saturated rings. The van der Waals surface area contributed by atoms with Crippen LogP contribution in [0, 0.1) is 0 Å². The number of benzene rings is 5. The van der Waals surface area contributed by atoms with E-state index in [0.717, 1.165) is 46.2 Å². The highest BCUT2D eigenvalue weighted by molar-refractivity contribution is 7.13. The van der Waals surface area contributed by atoms with E-state index in [1.165, 1.54) is 48.0 Å². The van der Waals surface area contributed by atoms with Crippen LogP contribution >= 0.6 is 11.3 Å². The molecule has 0 radical (unpaired) electrons. The van der Waals surface area contributed by atoms with Crippen LogP contribution in [0.2, 0.25) is 0 Å². The molecule has 1 aromatic heterocycles. The molecule has 7 N–H and O–H groups in total. The second kappa shape index (κ2) is 17.6. The number of hydrazone groups is 2. The van der Waals surface area contributed by atoms with Crippen LogP contribution < -0.4 is 25.6 Å². The molecule has 260 valence electrons. The highest BCUT2D eigenvalue weighted by atomic mass is 32.1.